The molecular formula is C17H22N2O2. The van der Waals surface area contributed by atoms with E-state index in [0.717, 1.165) is 35.5 Å². The van der Waals surface area contributed by atoms with E-state index in [-0.39, 0.29) is 5.56 Å². The molecule has 0 saturated heterocycles. The van der Waals surface area contributed by atoms with Crippen LogP contribution in [0.2, 0.25) is 0 Å². The second-order valence-electron chi connectivity index (χ2n) is 4.96. The molecule has 1 aromatic carbocycles. The Hall–Kier alpha value is -2.07. The Labute approximate surface area is 125 Å². The summed E-state index contributed by atoms with van der Waals surface area (Å²) < 4.78 is 7.04. The third kappa shape index (κ3) is 3.34. The second kappa shape index (κ2) is 7.09. The number of nitrogens with one attached hydrogen (secondary N) is 1. The van der Waals surface area contributed by atoms with Crippen molar-refractivity contribution in [1.82, 2.24) is 9.88 Å². The Morgan fingerprint density at radius 2 is 1.86 bits per heavy atom. The predicted molar refractivity (Wildman–Crippen MR) is 85.7 cm³/mol. The Kier molecular flexibility index (Phi) is 5.17. The molecule has 0 spiro atoms. The average Bonchev–Trinajstić information content (AvgIpc) is 2.52. The molecule has 0 saturated carbocycles. The minimum atomic E-state index is 0.0829. The van der Waals surface area contributed by atoms with E-state index < -0.39 is 0 Å². The molecule has 21 heavy (non-hydrogen) atoms. The topological polar surface area (TPSA) is 43.3 Å². The summed E-state index contributed by atoms with van der Waals surface area (Å²) in [7, 11) is 3.50. The van der Waals surface area contributed by atoms with Gasteiger partial charge in [-0.15, -0.1) is 0 Å². The molecular weight excluding hydrogens is 264 g/mol. The third-order valence-corrected chi connectivity index (χ3v) is 3.45. The summed E-state index contributed by atoms with van der Waals surface area (Å²) in [6, 6.07) is 11.7. The van der Waals surface area contributed by atoms with Gasteiger partial charge in [0.15, 0.2) is 0 Å². The van der Waals surface area contributed by atoms with Crippen molar-refractivity contribution in [3.05, 3.63) is 52.3 Å². The molecule has 0 aliphatic carbocycles. The lowest BCUT2D eigenvalue weighted by molar-refractivity contribution is 0.415. The number of methoxy groups -OCH3 is 1. The van der Waals surface area contributed by atoms with Gasteiger partial charge in [0.25, 0.3) is 5.56 Å². The lowest BCUT2D eigenvalue weighted by Crippen LogP contribution is -2.27. The van der Waals surface area contributed by atoms with Gasteiger partial charge in [0, 0.05) is 18.7 Å². The van der Waals surface area contributed by atoms with Gasteiger partial charge in [-0.3, -0.25) is 4.79 Å². The normalized spacial score (nSPS) is 10.6. The summed E-state index contributed by atoms with van der Waals surface area (Å²) in [6.07, 6.45) is 0.923. The molecule has 0 amide bonds. The van der Waals surface area contributed by atoms with Crippen LogP contribution in [-0.2, 0) is 13.1 Å². The number of pyridine rings is 1. The molecule has 0 aliphatic heterocycles. The van der Waals surface area contributed by atoms with E-state index in [2.05, 4.69) is 12.2 Å². The largest absolute Gasteiger partial charge is 0.497 e. The number of aromatic nitrogens is 1. The van der Waals surface area contributed by atoms with Gasteiger partial charge in [0.2, 0.25) is 0 Å². The van der Waals surface area contributed by atoms with E-state index in [4.69, 9.17) is 4.74 Å². The molecule has 4 heteroatoms. The van der Waals surface area contributed by atoms with Gasteiger partial charge in [-0.25, -0.2) is 0 Å². The van der Waals surface area contributed by atoms with Crippen molar-refractivity contribution in [3.63, 3.8) is 0 Å². The van der Waals surface area contributed by atoms with Crippen LogP contribution in [0.3, 0.4) is 0 Å². The van der Waals surface area contributed by atoms with E-state index in [9.17, 15) is 4.79 Å². The Morgan fingerprint density at radius 3 is 2.43 bits per heavy atom. The number of hydrogen-bond acceptors (Lipinski definition) is 3. The number of ether oxygens (including phenoxy) is 1. The molecule has 0 bridgehead atoms. The van der Waals surface area contributed by atoms with E-state index in [1.165, 1.54) is 0 Å². The molecule has 2 rings (SSSR count). The number of benzene rings is 1. The molecule has 0 radical (unpaired) electrons. The summed E-state index contributed by atoms with van der Waals surface area (Å²) in [5.74, 6) is 0.815. The molecule has 1 N–H and O–H groups in total. The number of rotatable bonds is 6. The van der Waals surface area contributed by atoms with E-state index in [0.29, 0.717) is 6.54 Å². The average molecular weight is 286 g/mol. The van der Waals surface area contributed by atoms with Crippen LogP contribution in [0.1, 0.15) is 18.9 Å². The van der Waals surface area contributed by atoms with Crippen LogP contribution in [0.15, 0.2) is 41.2 Å². The zero-order valence-electron chi connectivity index (χ0n) is 12.8. The maximum atomic E-state index is 12.6. The van der Waals surface area contributed by atoms with Crippen LogP contribution in [0.25, 0.3) is 11.3 Å². The van der Waals surface area contributed by atoms with Gasteiger partial charge in [-0.2, -0.15) is 0 Å². The Balaban J connectivity index is 2.51. The first-order valence-electron chi connectivity index (χ1n) is 7.23. The first kappa shape index (κ1) is 15.3. The molecule has 1 aromatic heterocycles. The summed E-state index contributed by atoms with van der Waals surface area (Å²) in [5, 5.41) is 3.04. The molecule has 4 nitrogen and oxygen atoms in total. The monoisotopic (exact) mass is 286 g/mol. The zero-order valence-corrected chi connectivity index (χ0v) is 12.8. The molecule has 1 heterocycles. The fraction of sp³-hybridized carbons (Fsp3) is 0.353. The number of nitrogens with zero attached hydrogens (tertiary/aromatic N) is 1. The molecule has 0 atom stereocenters. The molecule has 0 aliphatic rings. The lowest BCUT2D eigenvalue weighted by Gasteiger charge is -2.14. The second-order valence-corrected chi connectivity index (χ2v) is 4.96. The van der Waals surface area contributed by atoms with Crippen LogP contribution >= 0.6 is 0 Å². The highest BCUT2D eigenvalue weighted by atomic mass is 16.5. The van der Waals surface area contributed by atoms with Crippen LogP contribution in [-0.4, -0.2) is 18.7 Å². The molecule has 0 fully saturated rings. The van der Waals surface area contributed by atoms with Crippen molar-refractivity contribution in [2.24, 2.45) is 0 Å². The van der Waals surface area contributed by atoms with Crippen LogP contribution in [0, 0.1) is 0 Å². The van der Waals surface area contributed by atoms with Gasteiger partial charge in [0.05, 0.1) is 12.8 Å². The zero-order chi connectivity index (χ0) is 15.2. The fourth-order valence-corrected chi connectivity index (χ4v) is 2.41. The van der Waals surface area contributed by atoms with Crippen molar-refractivity contribution in [2.75, 3.05) is 14.2 Å². The molecule has 112 valence electrons. The Morgan fingerprint density at radius 1 is 1.14 bits per heavy atom. The van der Waals surface area contributed by atoms with Crippen molar-refractivity contribution in [3.8, 4) is 17.0 Å². The highest BCUT2D eigenvalue weighted by molar-refractivity contribution is 5.61. The minimum absolute atomic E-state index is 0.0829. The predicted octanol–water partition coefficient (Wildman–Crippen LogP) is 2.65. The van der Waals surface area contributed by atoms with E-state index in [1.54, 1.807) is 7.11 Å². The summed E-state index contributed by atoms with van der Waals surface area (Å²) in [5.41, 5.74) is 2.85. The lowest BCUT2D eigenvalue weighted by atomic mass is 10.1. The molecule has 2 aromatic rings. The van der Waals surface area contributed by atoms with Crippen LogP contribution < -0.4 is 15.6 Å². The quantitative estimate of drug-likeness (QED) is 0.888. The Bertz CT molecular complexity index is 645. The maximum absolute atomic E-state index is 12.6. The van der Waals surface area contributed by atoms with Gasteiger partial charge in [-0.1, -0.05) is 13.0 Å². The van der Waals surface area contributed by atoms with Crippen LogP contribution in [0.4, 0.5) is 0 Å². The third-order valence-electron chi connectivity index (χ3n) is 3.45. The van der Waals surface area contributed by atoms with Gasteiger partial charge >= 0.3 is 0 Å². The summed E-state index contributed by atoms with van der Waals surface area (Å²) >= 11 is 0. The minimum Gasteiger partial charge on any atom is -0.497 e. The van der Waals surface area contributed by atoms with E-state index in [1.807, 2.05) is 48.0 Å². The summed E-state index contributed by atoms with van der Waals surface area (Å²) in [6.45, 7) is 3.39. The highest BCUT2D eigenvalue weighted by Gasteiger charge is 2.09. The van der Waals surface area contributed by atoms with E-state index >= 15 is 0 Å². The highest BCUT2D eigenvalue weighted by Crippen LogP contribution is 2.22. The first-order chi connectivity index (χ1) is 10.2. The number of hydrogen-bond donors (Lipinski definition) is 1. The maximum Gasteiger partial charge on any atom is 0.255 e. The van der Waals surface area contributed by atoms with Gasteiger partial charge in [0.1, 0.15) is 5.75 Å². The van der Waals surface area contributed by atoms with Crippen LogP contribution in [0.5, 0.6) is 5.75 Å². The SMILES string of the molecule is CCCn1c(-c2ccc(OC)cc2)ccc(CNC)c1=O. The van der Waals surface area contributed by atoms with Crippen molar-refractivity contribution in [2.45, 2.75) is 26.4 Å². The summed E-state index contributed by atoms with van der Waals surface area (Å²) in [4.78, 5) is 12.6. The van der Waals surface area contributed by atoms with Crippen molar-refractivity contribution < 1.29 is 4.74 Å². The van der Waals surface area contributed by atoms with Crippen molar-refractivity contribution in [1.29, 1.82) is 0 Å². The standard InChI is InChI=1S/C17H22N2O2/c1-4-11-19-16(10-7-14(12-18-2)17(19)20)13-5-8-15(21-3)9-6-13/h5-10,18H,4,11-12H2,1-3H3. The van der Waals surface area contributed by atoms with Gasteiger partial charge in [-0.05, 0) is 49.4 Å². The fourth-order valence-electron chi connectivity index (χ4n) is 2.41. The smallest absolute Gasteiger partial charge is 0.255 e. The molecule has 0 unspecified atom stereocenters. The van der Waals surface area contributed by atoms with Gasteiger partial charge < -0.3 is 14.6 Å². The van der Waals surface area contributed by atoms with Crippen molar-refractivity contribution >= 4 is 0 Å². The first-order valence-corrected chi connectivity index (χ1v) is 7.23.